The average Bonchev–Trinajstić information content (AvgIpc) is 0.913. The molecular formula is C92H143NO8P+. The first-order valence-electron chi connectivity index (χ1n) is 39.4. The Bertz CT molecular complexity index is 2680. The summed E-state index contributed by atoms with van der Waals surface area (Å²) in [5, 5.41) is 0. The number of hydrogen-bond acceptors (Lipinski definition) is 7. The van der Waals surface area contributed by atoms with Gasteiger partial charge in [0.25, 0.3) is 0 Å². The van der Waals surface area contributed by atoms with Crippen LogP contribution in [-0.2, 0) is 32.7 Å². The zero-order valence-electron chi connectivity index (χ0n) is 64.7. The van der Waals surface area contributed by atoms with Crippen LogP contribution in [0.15, 0.2) is 255 Å². The summed E-state index contributed by atoms with van der Waals surface area (Å²) in [4.78, 5) is 36.0. The number of ether oxygens (including phenoxy) is 2. The predicted octanol–water partition coefficient (Wildman–Crippen LogP) is 26.8. The van der Waals surface area contributed by atoms with E-state index in [1.165, 1.54) is 38.5 Å². The smallest absolute Gasteiger partial charge is 0.462 e. The lowest BCUT2D eigenvalue weighted by Gasteiger charge is -2.24. The van der Waals surface area contributed by atoms with Crippen molar-refractivity contribution in [3.05, 3.63) is 255 Å². The van der Waals surface area contributed by atoms with Crippen molar-refractivity contribution in [3.63, 3.8) is 0 Å². The van der Waals surface area contributed by atoms with Gasteiger partial charge in [-0.25, -0.2) is 4.57 Å². The quantitative estimate of drug-likeness (QED) is 0.0211. The van der Waals surface area contributed by atoms with Crippen molar-refractivity contribution >= 4 is 19.8 Å². The Morgan fingerprint density at radius 3 is 0.794 bits per heavy atom. The van der Waals surface area contributed by atoms with Gasteiger partial charge >= 0.3 is 19.8 Å². The van der Waals surface area contributed by atoms with Gasteiger partial charge in [-0.15, -0.1) is 0 Å². The van der Waals surface area contributed by atoms with Gasteiger partial charge in [-0.05, 0) is 173 Å². The van der Waals surface area contributed by atoms with Crippen LogP contribution in [0.5, 0.6) is 0 Å². The number of likely N-dealkylation sites (N-methyl/N-ethyl adjacent to an activating group) is 1. The Hall–Kier alpha value is -6.45. The summed E-state index contributed by atoms with van der Waals surface area (Å²) < 4.78 is 34.7. The number of hydrogen-bond donors (Lipinski definition) is 1. The van der Waals surface area contributed by atoms with Crippen LogP contribution in [0.1, 0.15) is 258 Å². The molecule has 0 amide bonds. The van der Waals surface area contributed by atoms with Crippen LogP contribution in [-0.4, -0.2) is 74.9 Å². The van der Waals surface area contributed by atoms with Gasteiger partial charge in [-0.3, -0.25) is 18.6 Å². The highest BCUT2D eigenvalue weighted by Gasteiger charge is 2.27. The normalized spacial score (nSPS) is 14.5. The third-order valence-corrected chi connectivity index (χ3v) is 16.5. The van der Waals surface area contributed by atoms with Crippen LogP contribution in [0.2, 0.25) is 0 Å². The number of phosphoric acid groups is 1. The van der Waals surface area contributed by atoms with Gasteiger partial charge in [0.15, 0.2) is 6.10 Å². The SMILES string of the molecule is CC/C=C\C/C=C\C/C=C\C/C=C\C/C=C\C/C=C\C/C=C\C/C=C\C/C=C\C/C=C\C/C=C\CCCCCC(=O)OC(COC(=O)CCCCCCCCCCCC/C=C\C/C=C\C/C=C\C/C=C\C/C=C\C/C=C\C/C=C\C/C=C\C/C=C\C/C=C\CC)COP(=O)(O)OCC[N+](C)(C)C. The summed E-state index contributed by atoms with van der Waals surface area (Å²) in [5.74, 6) is -0.859. The molecule has 102 heavy (non-hydrogen) atoms. The highest BCUT2D eigenvalue weighted by atomic mass is 31.2. The largest absolute Gasteiger partial charge is 0.472 e. The van der Waals surface area contributed by atoms with E-state index in [-0.39, 0.29) is 26.1 Å². The van der Waals surface area contributed by atoms with E-state index >= 15 is 0 Å². The highest BCUT2D eigenvalue weighted by Crippen LogP contribution is 2.43. The van der Waals surface area contributed by atoms with Gasteiger partial charge < -0.3 is 18.9 Å². The molecule has 0 aromatic rings. The summed E-state index contributed by atoms with van der Waals surface area (Å²) in [6, 6.07) is 0. The lowest BCUT2D eigenvalue weighted by atomic mass is 10.1. The van der Waals surface area contributed by atoms with E-state index in [1.807, 2.05) is 21.1 Å². The predicted molar refractivity (Wildman–Crippen MR) is 444 cm³/mol. The number of allylic oxidation sites excluding steroid dienone is 42. The van der Waals surface area contributed by atoms with Gasteiger partial charge in [-0.2, -0.15) is 0 Å². The number of nitrogens with zero attached hydrogens (tertiary/aromatic N) is 1. The van der Waals surface area contributed by atoms with Crippen LogP contribution >= 0.6 is 7.82 Å². The highest BCUT2D eigenvalue weighted by molar-refractivity contribution is 7.47. The Balaban J connectivity index is 4.18. The standard InChI is InChI=1S/C92H142NO8P/c1-6-8-10-12-14-16-18-20-22-24-26-28-30-32-34-36-38-40-42-44-45-46-47-49-50-52-54-56-58-60-62-64-66-68-70-72-74-76-78-80-82-84-91(94)98-88-90(89-100-102(96,97)99-87-86-93(3,4)5)101-92(95)85-83-81-79-77-75-73-71-69-67-65-63-61-59-57-55-53-51-48-43-41-39-37-35-33-31-29-27-25-23-21-19-17-15-13-11-9-7-2/h8-11,14-17,20-23,26-29,32-35,38-41,44-45,47-49,51-52,54-55,57-58,60-61,63,67,69,73,75,90H,6-7,12-13,18-19,24-25,30-31,36-37,42-43,46,50,53,56,59,62,64-66,68,70-72,74,76-89H2,1-5H3/p+1/b10-8-,11-9-,16-14-,17-15-,22-20-,23-21-,28-26-,29-27-,34-32-,35-33-,40-38-,41-39-,45-44-,49-47-,51-48-,54-52-,57-55-,60-58-,63-61-,69-67-,75-73-. The lowest BCUT2D eigenvalue weighted by Crippen LogP contribution is -2.37. The van der Waals surface area contributed by atoms with Crippen molar-refractivity contribution in [1.82, 2.24) is 0 Å². The van der Waals surface area contributed by atoms with Crippen molar-refractivity contribution in [2.75, 3.05) is 47.5 Å². The Morgan fingerprint density at radius 2 is 0.529 bits per heavy atom. The molecule has 1 N–H and O–H groups in total. The maximum Gasteiger partial charge on any atom is 0.472 e. The fraction of sp³-hybridized carbons (Fsp3) is 0.522. The molecule has 0 spiro atoms. The van der Waals surface area contributed by atoms with Crippen molar-refractivity contribution in [1.29, 1.82) is 0 Å². The second-order valence-corrected chi connectivity index (χ2v) is 27.7. The number of rotatable bonds is 69. The van der Waals surface area contributed by atoms with Crippen molar-refractivity contribution in [3.8, 4) is 0 Å². The molecule has 2 atom stereocenters. The van der Waals surface area contributed by atoms with Crippen LogP contribution in [0.4, 0.5) is 0 Å². The fourth-order valence-corrected chi connectivity index (χ4v) is 10.4. The number of quaternary nitrogens is 1. The number of carbonyl (C=O) groups is 2. The second-order valence-electron chi connectivity index (χ2n) is 26.3. The molecule has 0 aromatic heterocycles. The van der Waals surface area contributed by atoms with E-state index in [2.05, 4.69) is 269 Å². The van der Waals surface area contributed by atoms with Gasteiger partial charge in [0.2, 0.25) is 0 Å². The molecule has 0 saturated carbocycles. The number of esters is 2. The lowest BCUT2D eigenvalue weighted by molar-refractivity contribution is -0.870. The number of unbranched alkanes of at least 4 members (excludes halogenated alkanes) is 13. The van der Waals surface area contributed by atoms with Crippen LogP contribution in [0.25, 0.3) is 0 Å². The maximum absolute atomic E-state index is 12.9. The summed E-state index contributed by atoms with van der Waals surface area (Å²) >= 11 is 0. The van der Waals surface area contributed by atoms with Crippen LogP contribution in [0.3, 0.4) is 0 Å². The molecule has 0 rings (SSSR count). The fourth-order valence-electron chi connectivity index (χ4n) is 9.64. The molecule has 2 unspecified atom stereocenters. The molecule has 0 fully saturated rings. The van der Waals surface area contributed by atoms with Crippen molar-refractivity contribution < 1.29 is 42.1 Å². The first kappa shape index (κ1) is 95.5. The van der Waals surface area contributed by atoms with Gasteiger partial charge in [0.1, 0.15) is 19.8 Å². The molecule has 0 heterocycles. The molecule has 0 radical (unpaired) electrons. The van der Waals surface area contributed by atoms with E-state index in [9.17, 15) is 19.0 Å². The van der Waals surface area contributed by atoms with Crippen molar-refractivity contribution in [2.24, 2.45) is 0 Å². The van der Waals surface area contributed by atoms with Gasteiger partial charge in [0, 0.05) is 12.8 Å². The van der Waals surface area contributed by atoms with E-state index in [4.69, 9.17) is 18.5 Å². The molecule has 0 aromatic carbocycles. The zero-order chi connectivity index (χ0) is 74.0. The molecule has 0 aliphatic carbocycles. The Labute approximate surface area is 625 Å². The number of phosphoric ester groups is 1. The molecule has 0 saturated heterocycles. The molecule has 0 aliphatic rings. The van der Waals surface area contributed by atoms with Crippen LogP contribution < -0.4 is 0 Å². The average molecular weight is 1420 g/mol. The zero-order valence-corrected chi connectivity index (χ0v) is 65.6. The molecule has 568 valence electrons. The third kappa shape index (κ3) is 82.5. The van der Waals surface area contributed by atoms with Gasteiger partial charge in [-0.1, -0.05) is 327 Å². The first-order chi connectivity index (χ1) is 50.0. The minimum atomic E-state index is -4.43. The van der Waals surface area contributed by atoms with Crippen molar-refractivity contribution in [2.45, 2.75) is 264 Å². The second kappa shape index (κ2) is 78.7. The number of carbonyl (C=O) groups excluding carboxylic acids is 2. The van der Waals surface area contributed by atoms with E-state index in [0.29, 0.717) is 23.9 Å². The summed E-state index contributed by atoms with van der Waals surface area (Å²) in [6.07, 6.45) is 130. The van der Waals surface area contributed by atoms with Crippen LogP contribution in [0, 0.1) is 0 Å². The Kier molecular flexibility index (Phi) is 73.7. The summed E-state index contributed by atoms with van der Waals surface area (Å²) in [6.45, 7) is 4.13. The molecule has 0 aliphatic heterocycles. The summed E-state index contributed by atoms with van der Waals surface area (Å²) in [7, 11) is 1.42. The topological polar surface area (TPSA) is 108 Å². The minimum Gasteiger partial charge on any atom is -0.462 e. The third-order valence-electron chi connectivity index (χ3n) is 15.6. The van der Waals surface area contributed by atoms with E-state index in [0.717, 1.165) is 180 Å². The Morgan fingerprint density at radius 1 is 0.304 bits per heavy atom. The molecule has 9 nitrogen and oxygen atoms in total. The van der Waals surface area contributed by atoms with E-state index < -0.39 is 32.5 Å². The molecule has 0 bridgehead atoms. The first-order valence-corrected chi connectivity index (χ1v) is 40.9. The molecule has 10 heteroatoms. The van der Waals surface area contributed by atoms with Gasteiger partial charge in [0.05, 0.1) is 27.7 Å². The monoisotopic (exact) mass is 1420 g/mol. The summed E-state index contributed by atoms with van der Waals surface area (Å²) in [5.41, 5.74) is 0. The minimum absolute atomic E-state index is 0.0104. The maximum atomic E-state index is 12.9. The van der Waals surface area contributed by atoms with E-state index in [1.54, 1.807) is 0 Å². The molecular weight excluding hydrogens is 1280 g/mol.